The van der Waals surface area contributed by atoms with Crippen LogP contribution < -0.4 is 14.2 Å². The minimum atomic E-state index is -0.595. The van der Waals surface area contributed by atoms with E-state index < -0.39 is 23.2 Å². The molecular weight excluding hydrogens is 601 g/mol. The van der Waals surface area contributed by atoms with Crippen LogP contribution >= 0.6 is 23.7 Å². The number of aromatic nitrogens is 3. The largest absolute Gasteiger partial charge is 0.497 e. The number of aliphatic imine (C=N–C) groups is 1. The number of carbonyl (C=O) groups excluding carboxylic acids is 2. The van der Waals surface area contributed by atoms with E-state index in [1.807, 2.05) is 76.8 Å². The number of carbonyl (C=O) groups is 2. The molecule has 2 unspecified atom stereocenters. The van der Waals surface area contributed by atoms with Crippen molar-refractivity contribution >= 4 is 52.3 Å². The molecule has 1 aromatic heterocycles. The molecule has 0 saturated carbocycles. The third kappa shape index (κ3) is 4.85. The first-order valence-electron chi connectivity index (χ1n) is 13.5. The number of esters is 1. The van der Waals surface area contributed by atoms with Crippen molar-refractivity contribution in [2.75, 3.05) is 21.3 Å². The van der Waals surface area contributed by atoms with Gasteiger partial charge < -0.3 is 18.9 Å². The summed E-state index contributed by atoms with van der Waals surface area (Å²) in [4.78, 5) is 31.6. The number of rotatable bonds is 7. The van der Waals surface area contributed by atoms with Gasteiger partial charge in [-0.1, -0.05) is 36.0 Å². The van der Waals surface area contributed by atoms with Gasteiger partial charge in [-0.25, -0.2) is 13.8 Å². The summed E-state index contributed by atoms with van der Waals surface area (Å²) < 4.78 is 23.8. The topological polar surface area (TPSA) is 114 Å². The molecule has 3 aliphatic rings. The normalized spacial score (nSPS) is 19.9. The summed E-state index contributed by atoms with van der Waals surface area (Å²) in [7, 11) is 4.80. The van der Waals surface area contributed by atoms with Crippen LogP contribution in [-0.4, -0.2) is 57.9 Å². The van der Waals surface area contributed by atoms with Crippen LogP contribution in [0, 0.1) is 0 Å². The highest BCUT2D eigenvalue weighted by Crippen LogP contribution is 2.53. The Balaban J connectivity index is 1.32. The Morgan fingerprint density at radius 2 is 1.39 bits per heavy atom. The second-order valence-electron chi connectivity index (χ2n) is 9.88. The SMILES string of the molecule is COc1ccc(/C=C2/SC(C3=C(c4ccc(OC)cc4)C4c5nnc(-c6ccc(OC)cc6)n5SC4OC3=O)=NC2=O)cc1. The van der Waals surface area contributed by atoms with E-state index in [-0.39, 0.29) is 10.6 Å². The summed E-state index contributed by atoms with van der Waals surface area (Å²) in [6, 6.07) is 22.3. The molecule has 0 N–H and O–H groups in total. The first kappa shape index (κ1) is 28.0. The Hall–Kier alpha value is -4.81. The zero-order valence-electron chi connectivity index (χ0n) is 23.7. The van der Waals surface area contributed by atoms with Crippen LogP contribution in [0.5, 0.6) is 17.2 Å². The number of ether oxygens (including phenoxy) is 4. The Morgan fingerprint density at radius 1 is 0.795 bits per heavy atom. The molecule has 0 spiro atoms. The van der Waals surface area contributed by atoms with Crippen molar-refractivity contribution in [3.63, 3.8) is 0 Å². The van der Waals surface area contributed by atoms with Crippen molar-refractivity contribution < 1.29 is 28.5 Å². The Labute approximate surface area is 260 Å². The van der Waals surface area contributed by atoms with E-state index in [9.17, 15) is 9.59 Å². The predicted molar refractivity (Wildman–Crippen MR) is 169 cm³/mol. The van der Waals surface area contributed by atoms with Crippen molar-refractivity contribution in [1.29, 1.82) is 0 Å². The second-order valence-corrected chi connectivity index (χ2v) is 12.0. The van der Waals surface area contributed by atoms with Crippen LogP contribution in [0.2, 0.25) is 0 Å². The number of nitrogens with zero attached hydrogens (tertiary/aromatic N) is 4. The van der Waals surface area contributed by atoms with Crippen molar-refractivity contribution in [3.8, 4) is 28.6 Å². The standard InChI is InChI=1S/C32H24N4O6S2/c1-39-20-10-4-17(5-11-20)16-23-29(37)33-30(43-23)26-24(18-6-12-21(40-2)13-7-18)25-28-35-34-27(19-8-14-22(41-3)15-9-19)36(28)44-32(25)42-31(26)38/h4-16,25,32H,1-3H3/b23-16+. The first-order chi connectivity index (χ1) is 21.5. The molecule has 44 heavy (non-hydrogen) atoms. The monoisotopic (exact) mass is 624 g/mol. The number of hydrogen-bond acceptors (Lipinski definition) is 10. The Kier molecular flexibility index (Phi) is 7.23. The fourth-order valence-electron chi connectivity index (χ4n) is 5.23. The molecule has 4 aromatic rings. The van der Waals surface area contributed by atoms with Crippen LogP contribution in [0.1, 0.15) is 22.9 Å². The molecule has 2 atom stereocenters. The van der Waals surface area contributed by atoms with Gasteiger partial charge in [0.05, 0.1) is 37.7 Å². The maximum atomic E-state index is 13.8. The number of methoxy groups -OCH3 is 3. The molecule has 12 heteroatoms. The van der Waals surface area contributed by atoms with E-state index in [4.69, 9.17) is 18.9 Å². The lowest BCUT2D eigenvalue weighted by Crippen LogP contribution is -2.31. The van der Waals surface area contributed by atoms with Gasteiger partial charge in [0, 0.05) is 17.5 Å². The van der Waals surface area contributed by atoms with E-state index in [1.165, 1.54) is 11.9 Å². The zero-order chi connectivity index (χ0) is 30.4. The molecule has 0 bridgehead atoms. The van der Waals surface area contributed by atoms with Gasteiger partial charge in [0.2, 0.25) is 0 Å². The van der Waals surface area contributed by atoms with Gasteiger partial charge in [-0.15, -0.1) is 10.2 Å². The molecule has 0 aliphatic carbocycles. The number of benzene rings is 3. The smallest absolute Gasteiger partial charge is 0.342 e. The van der Waals surface area contributed by atoms with E-state index in [0.29, 0.717) is 33.6 Å². The van der Waals surface area contributed by atoms with Crippen molar-refractivity contribution in [3.05, 3.63) is 100 Å². The van der Waals surface area contributed by atoms with Crippen LogP contribution in [0.15, 0.2) is 88.3 Å². The Morgan fingerprint density at radius 3 is 2.00 bits per heavy atom. The van der Waals surface area contributed by atoms with E-state index in [0.717, 1.165) is 34.2 Å². The highest BCUT2D eigenvalue weighted by atomic mass is 32.2. The molecule has 220 valence electrons. The molecular formula is C32H24N4O6S2. The third-order valence-electron chi connectivity index (χ3n) is 7.41. The number of amides is 1. The fourth-order valence-corrected chi connectivity index (χ4v) is 7.41. The summed E-state index contributed by atoms with van der Waals surface area (Å²) in [5.41, 5.74) is 2.71. The van der Waals surface area contributed by atoms with Gasteiger partial charge in [-0.05, 0) is 71.3 Å². The molecule has 1 amide bonds. The molecule has 7 rings (SSSR count). The van der Waals surface area contributed by atoms with Crippen molar-refractivity contribution in [2.45, 2.75) is 11.4 Å². The minimum absolute atomic E-state index is 0.232. The van der Waals surface area contributed by atoms with E-state index in [2.05, 4.69) is 15.2 Å². The van der Waals surface area contributed by atoms with Crippen molar-refractivity contribution in [2.24, 2.45) is 4.99 Å². The molecule has 0 saturated heterocycles. The predicted octanol–water partition coefficient (Wildman–Crippen LogP) is 5.61. The van der Waals surface area contributed by atoms with Gasteiger partial charge in [0.25, 0.3) is 5.91 Å². The first-order valence-corrected chi connectivity index (χ1v) is 15.2. The maximum Gasteiger partial charge on any atom is 0.342 e. The highest BCUT2D eigenvalue weighted by Gasteiger charge is 2.50. The molecule has 0 fully saturated rings. The minimum Gasteiger partial charge on any atom is -0.497 e. The molecule has 3 aliphatic heterocycles. The second kappa shape index (κ2) is 11.4. The van der Waals surface area contributed by atoms with Crippen LogP contribution in [0.25, 0.3) is 23.0 Å². The zero-order valence-corrected chi connectivity index (χ0v) is 25.3. The number of thioether (sulfide) groups is 1. The average Bonchev–Trinajstić information content (AvgIpc) is 3.74. The summed E-state index contributed by atoms with van der Waals surface area (Å²) in [6.45, 7) is 0. The number of hydrogen-bond donors (Lipinski definition) is 0. The van der Waals surface area contributed by atoms with Crippen LogP contribution in [0.4, 0.5) is 0 Å². The van der Waals surface area contributed by atoms with Gasteiger partial charge in [0.15, 0.2) is 17.1 Å². The third-order valence-corrected chi connectivity index (χ3v) is 9.56. The quantitative estimate of drug-likeness (QED) is 0.190. The van der Waals surface area contributed by atoms with Crippen LogP contribution in [-0.2, 0) is 14.3 Å². The van der Waals surface area contributed by atoms with Crippen LogP contribution in [0.3, 0.4) is 0 Å². The fraction of sp³-hybridized carbons (Fsp3) is 0.156. The highest BCUT2D eigenvalue weighted by molar-refractivity contribution is 8.19. The molecule has 4 heterocycles. The molecule has 10 nitrogen and oxygen atoms in total. The van der Waals surface area contributed by atoms with E-state index >= 15 is 0 Å². The summed E-state index contributed by atoms with van der Waals surface area (Å²) >= 11 is 2.49. The lowest BCUT2D eigenvalue weighted by molar-refractivity contribution is -0.140. The van der Waals surface area contributed by atoms with Gasteiger partial charge in [-0.3, -0.25) is 4.79 Å². The summed E-state index contributed by atoms with van der Waals surface area (Å²) in [5.74, 6) is 1.91. The van der Waals surface area contributed by atoms with Crippen molar-refractivity contribution in [1.82, 2.24) is 14.2 Å². The average molecular weight is 625 g/mol. The molecule has 3 aromatic carbocycles. The molecule has 0 radical (unpaired) electrons. The lowest BCUT2D eigenvalue weighted by Gasteiger charge is -2.28. The van der Waals surface area contributed by atoms with Gasteiger partial charge >= 0.3 is 5.97 Å². The maximum absolute atomic E-state index is 13.8. The van der Waals surface area contributed by atoms with E-state index in [1.54, 1.807) is 27.4 Å². The summed E-state index contributed by atoms with van der Waals surface area (Å²) in [6.07, 6.45) is 1.75. The number of fused-ring (bicyclic) bond motifs is 3. The summed E-state index contributed by atoms with van der Waals surface area (Å²) in [5, 5.41) is 9.35. The van der Waals surface area contributed by atoms with Gasteiger partial charge in [0.1, 0.15) is 22.3 Å². The lowest BCUT2D eigenvalue weighted by atomic mass is 9.86. The van der Waals surface area contributed by atoms with Gasteiger partial charge in [-0.2, -0.15) is 0 Å². The Bertz CT molecular complexity index is 1880.